The van der Waals surface area contributed by atoms with Crippen molar-refractivity contribution in [3.05, 3.63) is 48.0 Å². The fraction of sp³-hybridized carbons (Fsp3) is 0.588. The molecule has 5 heterocycles. The highest BCUT2D eigenvalue weighted by Gasteiger charge is 2.51. The van der Waals surface area contributed by atoms with E-state index in [-0.39, 0.29) is 55.2 Å². The van der Waals surface area contributed by atoms with E-state index in [0.29, 0.717) is 24.8 Å². The van der Waals surface area contributed by atoms with Crippen molar-refractivity contribution < 1.29 is 42.0 Å². The van der Waals surface area contributed by atoms with Gasteiger partial charge in [-0.2, -0.15) is 4.31 Å². The molecule has 5 unspecified atom stereocenters. The summed E-state index contributed by atoms with van der Waals surface area (Å²) in [5.74, 6) is 0.712. The molecular weight excluding hydrogens is 673 g/mol. The van der Waals surface area contributed by atoms with Gasteiger partial charge in [-0.05, 0) is 67.5 Å². The number of nitrogens with zero attached hydrogens (tertiary/aromatic N) is 2. The number of aliphatic hydroxyl groups excluding tert-OH is 1. The first-order chi connectivity index (χ1) is 23.5. The number of hydrogen-bond donors (Lipinski definition) is 3. The van der Waals surface area contributed by atoms with Crippen LogP contribution < -0.4 is 15.4 Å². The Morgan fingerprint density at radius 1 is 1.10 bits per heavy atom. The van der Waals surface area contributed by atoms with E-state index in [1.807, 2.05) is 26.0 Å². The highest BCUT2D eigenvalue weighted by molar-refractivity contribution is 7.89. The van der Waals surface area contributed by atoms with Crippen LogP contribution in [0.2, 0.25) is 0 Å². The number of benzene rings is 2. The van der Waals surface area contributed by atoms with Gasteiger partial charge in [0.15, 0.2) is 17.5 Å². The van der Waals surface area contributed by atoms with E-state index in [9.17, 15) is 18.3 Å². The molecule has 8 rings (SSSR count). The Morgan fingerprint density at radius 3 is 2.63 bits per heavy atom. The summed E-state index contributed by atoms with van der Waals surface area (Å²) in [6.07, 6.45) is -0.858. The van der Waals surface area contributed by atoms with E-state index in [1.54, 1.807) is 37.4 Å². The molecule has 0 spiro atoms. The smallest absolute Gasteiger partial charge is 0.407 e. The number of thiazole rings is 1. The number of carbonyl (C=O) groups is 1. The number of alkyl carbamates (subject to hydrolysis) is 1. The molecule has 49 heavy (non-hydrogen) atoms. The zero-order valence-corrected chi connectivity index (χ0v) is 29.5. The molecule has 4 aliphatic heterocycles. The predicted octanol–water partition coefficient (Wildman–Crippen LogP) is 3.75. The molecule has 15 heteroatoms. The first-order valence-electron chi connectivity index (χ1n) is 16.9. The Kier molecular flexibility index (Phi) is 10.0. The number of methoxy groups -OCH3 is 1. The molecule has 4 saturated heterocycles. The first kappa shape index (κ1) is 34.4. The molecule has 266 valence electrons. The number of amides is 1. The van der Waals surface area contributed by atoms with Gasteiger partial charge in [0.05, 0.1) is 47.6 Å². The van der Waals surface area contributed by atoms with E-state index in [2.05, 4.69) is 15.6 Å². The van der Waals surface area contributed by atoms with Gasteiger partial charge in [0.25, 0.3) is 0 Å². The summed E-state index contributed by atoms with van der Waals surface area (Å²) in [5, 5.41) is 18.8. The van der Waals surface area contributed by atoms with Crippen molar-refractivity contribution in [2.24, 2.45) is 11.8 Å². The Morgan fingerprint density at radius 2 is 1.90 bits per heavy atom. The van der Waals surface area contributed by atoms with Crippen LogP contribution in [0.15, 0.2) is 47.4 Å². The standard InChI is InChI=1S/C34H44N4O9S2/c1-19(2)15-38(49(41,42)24-10-11-25-30(14-24)48-33(36-25)35-22-6-7-22)16-27(39)26(12-20-4-8-23(43-3)9-5-20)37-34(40)47-31-28-13-21-17-44-29(31)18-45-32(21)46-28/h4-5,8-11,14,19,21-22,26-29,31-32,39H,6-7,12-13,15-18H2,1-3H3,(H,35,36)(H,37,40)/t21?,26-,27+,28?,29?,31?,32?/m0/s1. The van der Waals surface area contributed by atoms with Crippen LogP contribution in [0.3, 0.4) is 0 Å². The summed E-state index contributed by atoms with van der Waals surface area (Å²) < 4.78 is 59.4. The molecule has 1 aliphatic carbocycles. The summed E-state index contributed by atoms with van der Waals surface area (Å²) >= 11 is 1.42. The monoisotopic (exact) mass is 716 g/mol. The summed E-state index contributed by atoms with van der Waals surface area (Å²) in [5.41, 5.74) is 1.53. The van der Waals surface area contributed by atoms with Crippen molar-refractivity contribution in [1.82, 2.24) is 14.6 Å². The van der Waals surface area contributed by atoms with Gasteiger partial charge in [-0.15, -0.1) is 0 Å². The lowest BCUT2D eigenvalue weighted by Gasteiger charge is -2.32. The molecule has 1 aromatic heterocycles. The second-order valence-corrected chi connectivity index (χ2v) is 16.7. The van der Waals surface area contributed by atoms with Gasteiger partial charge in [-0.1, -0.05) is 37.3 Å². The van der Waals surface area contributed by atoms with E-state index in [1.165, 1.54) is 15.6 Å². The molecule has 7 atom stereocenters. The van der Waals surface area contributed by atoms with E-state index in [4.69, 9.17) is 23.7 Å². The van der Waals surface area contributed by atoms with Gasteiger partial charge in [0, 0.05) is 25.0 Å². The SMILES string of the molecule is COc1ccc(C[C@H](NC(=O)OC2C3COC4OC2CC4CO3)[C@H](O)CN(CC(C)C)S(=O)(=O)c2ccc3nc(NC4CC4)sc3c2)cc1. The molecule has 5 aliphatic rings. The van der Waals surface area contributed by atoms with Gasteiger partial charge in [0.1, 0.15) is 18.0 Å². The number of anilines is 1. The van der Waals surface area contributed by atoms with Crippen molar-refractivity contribution >= 4 is 42.8 Å². The van der Waals surface area contributed by atoms with Gasteiger partial charge in [0.2, 0.25) is 10.0 Å². The average Bonchev–Trinajstić information content (AvgIpc) is 3.78. The van der Waals surface area contributed by atoms with Crippen molar-refractivity contribution in [3.63, 3.8) is 0 Å². The third kappa shape index (κ3) is 7.82. The quantitative estimate of drug-likeness (QED) is 0.223. The van der Waals surface area contributed by atoms with Gasteiger partial charge < -0.3 is 39.4 Å². The summed E-state index contributed by atoms with van der Waals surface area (Å²) in [6.45, 7) is 4.47. The maximum atomic E-state index is 14.2. The van der Waals surface area contributed by atoms with Crippen molar-refractivity contribution in [3.8, 4) is 5.75 Å². The minimum absolute atomic E-state index is 0.0376. The normalized spacial score (nSPS) is 26.1. The number of aromatic nitrogens is 1. The molecule has 3 aromatic rings. The largest absolute Gasteiger partial charge is 0.497 e. The summed E-state index contributed by atoms with van der Waals surface area (Å²) in [7, 11) is -2.47. The van der Waals surface area contributed by atoms with Crippen molar-refractivity contribution in [2.45, 2.75) is 87.2 Å². The van der Waals surface area contributed by atoms with E-state index < -0.39 is 40.5 Å². The van der Waals surface area contributed by atoms with Crippen LogP contribution in [0.4, 0.5) is 9.93 Å². The van der Waals surface area contributed by atoms with Crippen molar-refractivity contribution in [1.29, 1.82) is 0 Å². The third-order valence-corrected chi connectivity index (χ3v) is 12.2. The van der Waals surface area contributed by atoms with Crippen LogP contribution in [0.25, 0.3) is 10.2 Å². The van der Waals surface area contributed by atoms with Gasteiger partial charge in [-0.25, -0.2) is 18.2 Å². The van der Waals surface area contributed by atoms with Crippen LogP contribution in [0, 0.1) is 11.8 Å². The van der Waals surface area contributed by atoms with Crippen LogP contribution in [0.5, 0.6) is 5.75 Å². The van der Waals surface area contributed by atoms with Crippen LogP contribution in [0.1, 0.15) is 38.7 Å². The highest BCUT2D eigenvalue weighted by Crippen LogP contribution is 2.39. The number of hydrogen-bond acceptors (Lipinski definition) is 12. The third-order valence-electron chi connectivity index (χ3n) is 9.40. The summed E-state index contributed by atoms with van der Waals surface area (Å²) in [4.78, 5) is 18.2. The maximum Gasteiger partial charge on any atom is 0.407 e. The Balaban J connectivity index is 1.10. The number of aliphatic hydroxyl groups is 1. The molecule has 4 bridgehead atoms. The predicted molar refractivity (Wildman–Crippen MR) is 182 cm³/mol. The van der Waals surface area contributed by atoms with E-state index in [0.717, 1.165) is 33.8 Å². The van der Waals surface area contributed by atoms with Crippen LogP contribution in [-0.4, -0.2) is 105 Å². The number of nitrogens with one attached hydrogen (secondary N) is 2. The topological polar surface area (TPSA) is 158 Å². The number of ether oxygens (including phenoxy) is 5. The van der Waals surface area contributed by atoms with E-state index >= 15 is 0 Å². The number of fused-ring (bicyclic) bond motifs is 3. The second-order valence-electron chi connectivity index (χ2n) is 13.8. The second kappa shape index (κ2) is 14.3. The highest BCUT2D eigenvalue weighted by atomic mass is 32.2. The molecule has 2 aromatic carbocycles. The average molecular weight is 717 g/mol. The van der Waals surface area contributed by atoms with Crippen LogP contribution in [-0.2, 0) is 35.4 Å². The molecule has 1 saturated carbocycles. The fourth-order valence-corrected chi connectivity index (χ4v) is 9.35. The minimum atomic E-state index is -4.04. The Labute approximate surface area is 290 Å². The lowest BCUT2D eigenvalue weighted by atomic mass is 10.00. The van der Waals surface area contributed by atoms with Gasteiger partial charge >= 0.3 is 6.09 Å². The molecule has 3 N–H and O–H groups in total. The Hall–Kier alpha value is -3.05. The zero-order chi connectivity index (χ0) is 34.3. The lowest BCUT2D eigenvalue weighted by molar-refractivity contribution is -0.145. The van der Waals surface area contributed by atoms with Crippen LogP contribution >= 0.6 is 11.3 Å². The number of sulfonamides is 1. The fourth-order valence-electron chi connectivity index (χ4n) is 6.65. The lowest BCUT2D eigenvalue weighted by Crippen LogP contribution is -2.53. The molecule has 1 amide bonds. The van der Waals surface area contributed by atoms with Crippen molar-refractivity contribution in [2.75, 3.05) is 38.7 Å². The maximum absolute atomic E-state index is 14.2. The molecule has 0 radical (unpaired) electrons. The number of rotatable bonds is 14. The number of carbonyl (C=O) groups excluding carboxylic acids is 1. The molecule has 5 fully saturated rings. The molecular formula is C34H44N4O9S2. The minimum Gasteiger partial charge on any atom is -0.497 e. The first-order valence-corrected chi connectivity index (χ1v) is 19.2. The molecule has 13 nitrogen and oxygen atoms in total. The summed E-state index contributed by atoms with van der Waals surface area (Å²) in [6, 6.07) is 11.7. The van der Waals surface area contributed by atoms with Gasteiger partial charge in [-0.3, -0.25) is 0 Å². The zero-order valence-electron chi connectivity index (χ0n) is 27.8. The Bertz CT molecular complexity index is 1710.